The lowest BCUT2D eigenvalue weighted by Gasteiger charge is -2.05. The summed E-state index contributed by atoms with van der Waals surface area (Å²) < 4.78 is 5.61. The van der Waals surface area contributed by atoms with Crippen LogP contribution >= 0.6 is 0 Å². The molecule has 0 aromatic carbocycles. The summed E-state index contributed by atoms with van der Waals surface area (Å²) in [5.74, 6) is 1.46. The molecule has 82 valence electrons. The third kappa shape index (κ3) is 1.91. The van der Waals surface area contributed by atoms with E-state index in [0.29, 0.717) is 24.0 Å². The van der Waals surface area contributed by atoms with Crippen molar-refractivity contribution in [2.24, 2.45) is 5.92 Å². The van der Waals surface area contributed by atoms with E-state index in [4.69, 9.17) is 9.52 Å². The lowest BCUT2D eigenvalue weighted by atomic mass is 10.0. The van der Waals surface area contributed by atoms with Gasteiger partial charge in [-0.05, 0) is 30.9 Å². The Morgan fingerprint density at radius 1 is 1.67 bits per heavy atom. The molecule has 0 spiro atoms. The Balaban J connectivity index is 2.15. The van der Waals surface area contributed by atoms with Gasteiger partial charge in [0.15, 0.2) is 0 Å². The lowest BCUT2D eigenvalue weighted by Crippen LogP contribution is -2.09. The van der Waals surface area contributed by atoms with Crippen molar-refractivity contribution >= 4 is 5.97 Å². The van der Waals surface area contributed by atoms with Gasteiger partial charge in [0.05, 0.1) is 0 Å². The minimum atomic E-state index is -0.803. The lowest BCUT2D eigenvalue weighted by molar-refractivity contribution is -0.139. The second-order valence-corrected chi connectivity index (χ2v) is 4.36. The van der Waals surface area contributed by atoms with Gasteiger partial charge in [0.2, 0.25) is 0 Å². The van der Waals surface area contributed by atoms with Crippen LogP contribution in [0.2, 0.25) is 0 Å². The van der Waals surface area contributed by atoms with Crippen LogP contribution in [0.3, 0.4) is 0 Å². The standard InChI is InChI=1S/C12H16O3/c1-3-8(12(13)14)10-4-5-11(15-10)9-6-7(9)2/h4-5,7-9H,3,6H2,1-2H3,(H,13,14). The maximum Gasteiger partial charge on any atom is 0.314 e. The normalized spacial score (nSPS) is 26.3. The molecule has 3 atom stereocenters. The average Bonchev–Trinajstić information content (AvgIpc) is 2.74. The zero-order valence-corrected chi connectivity index (χ0v) is 9.06. The quantitative estimate of drug-likeness (QED) is 0.827. The molecule has 3 unspecified atom stereocenters. The molecule has 0 radical (unpaired) electrons. The topological polar surface area (TPSA) is 50.4 Å². The van der Waals surface area contributed by atoms with Crippen LogP contribution in [0.25, 0.3) is 0 Å². The van der Waals surface area contributed by atoms with E-state index in [1.54, 1.807) is 0 Å². The predicted molar refractivity (Wildman–Crippen MR) is 55.9 cm³/mol. The van der Waals surface area contributed by atoms with E-state index >= 15 is 0 Å². The van der Waals surface area contributed by atoms with Crippen LogP contribution in [0.5, 0.6) is 0 Å². The second-order valence-electron chi connectivity index (χ2n) is 4.36. The fourth-order valence-electron chi connectivity index (χ4n) is 1.97. The minimum absolute atomic E-state index is 0.493. The predicted octanol–water partition coefficient (Wildman–Crippen LogP) is 2.98. The highest BCUT2D eigenvalue weighted by Crippen LogP contribution is 2.47. The average molecular weight is 208 g/mol. The first-order valence-corrected chi connectivity index (χ1v) is 5.46. The molecule has 0 bridgehead atoms. The fraction of sp³-hybridized carbons (Fsp3) is 0.583. The molecule has 0 aliphatic heterocycles. The smallest absolute Gasteiger partial charge is 0.314 e. The zero-order chi connectivity index (χ0) is 11.0. The molecule has 2 rings (SSSR count). The maximum absolute atomic E-state index is 10.9. The molecule has 1 aliphatic rings. The summed E-state index contributed by atoms with van der Waals surface area (Å²) in [6, 6.07) is 3.73. The van der Waals surface area contributed by atoms with Gasteiger partial charge in [0, 0.05) is 5.92 Å². The van der Waals surface area contributed by atoms with Crippen molar-refractivity contribution in [1.82, 2.24) is 0 Å². The van der Waals surface area contributed by atoms with Crippen molar-refractivity contribution in [2.75, 3.05) is 0 Å². The number of hydrogen-bond acceptors (Lipinski definition) is 2. The van der Waals surface area contributed by atoms with Crippen LogP contribution in [-0.2, 0) is 4.79 Å². The van der Waals surface area contributed by atoms with Crippen LogP contribution in [0.4, 0.5) is 0 Å². The molecule has 1 heterocycles. The molecule has 1 fully saturated rings. The van der Waals surface area contributed by atoms with Gasteiger partial charge < -0.3 is 9.52 Å². The molecule has 3 heteroatoms. The van der Waals surface area contributed by atoms with Gasteiger partial charge in [-0.25, -0.2) is 0 Å². The molecule has 1 saturated carbocycles. The summed E-state index contributed by atoms with van der Waals surface area (Å²) in [4.78, 5) is 10.9. The van der Waals surface area contributed by atoms with Crippen LogP contribution < -0.4 is 0 Å². The number of carboxylic acids is 1. The minimum Gasteiger partial charge on any atom is -0.481 e. The Labute approximate surface area is 89.1 Å². The van der Waals surface area contributed by atoms with Crippen molar-refractivity contribution in [1.29, 1.82) is 0 Å². The van der Waals surface area contributed by atoms with Gasteiger partial charge in [-0.1, -0.05) is 13.8 Å². The highest BCUT2D eigenvalue weighted by molar-refractivity contribution is 5.75. The number of carbonyl (C=O) groups is 1. The van der Waals surface area contributed by atoms with Crippen LogP contribution in [0.1, 0.15) is 50.0 Å². The Morgan fingerprint density at radius 3 is 2.80 bits per heavy atom. The van der Waals surface area contributed by atoms with Crippen molar-refractivity contribution in [3.63, 3.8) is 0 Å². The molecule has 0 saturated heterocycles. The Hall–Kier alpha value is -1.25. The molecule has 0 amide bonds. The number of furan rings is 1. The summed E-state index contributed by atoms with van der Waals surface area (Å²) in [6.45, 7) is 4.04. The fourth-order valence-corrected chi connectivity index (χ4v) is 1.97. The monoisotopic (exact) mass is 208 g/mol. The van der Waals surface area contributed by atoms with Gasteiger partial charge in [0.25, 0.3) is 0 Å². The van der Waals surface area contributed by atoms with E-state index in [-0.39, 0.29) is 0 Å². The van der Waals surface area contributed by atoms with Crippen molar-refractivity contribution in [3.05, 3.63) is 23.7 Å². The highest BCUT2D eigenvalue weighted by Gasteiger charge is 2.37. The first kappa shape index (κ1) is 10.3. The van der Waals surface area contributed by atoms with Gasteiger partial charge in [-0.15, -0.1) is 0 Å². The number of hydrogen-bond donors (Lipinski definition) is 1. The van der Waals surface area contributed by atoms with E-state index < -0.39 is 11.9 Å². The molecule has 15 heavy (non-hydrogen) atoms. The SMILES string of the molecule is CCC(C(=O)O)c1ccc(C2CC2C)o1. The maximum atomic E-state index is 10.9. The molecule has 1 aliphatic carbocycles. The van der Waals surface area contributed by atoms with Gasteiger partial charge >= 0.3 is 5.97 Å². The molecule has 3 nitrogen and oxygen atoms in total. The van der Waals surface area contributed by atoms with Crippen molar-refractivity contribution in [2.45, 2.75) is 38.5 Å². The third-order valence-electron chi connectivity index (χ3n) is 3.17. The number of aliphatic carboxylic acids is 1. The van der Waals surface area contributed by atoms with Gasteiger partial charge in [-0.3, -0.25) is 4.79 Å². The van der Waals surface area contributed by atoms with Crippen molar-refractivity contribution in [3.8, 4) is 0 Å². The van der Waals surface area contributed by atoms with Crippen LogP contribution in [-0.4, -0.2) is 11.1 Å². The Kier molecular flexibility index (Phi) is 2.55. The van der Waals surface area contributed by atoms with E-state index in [1.807, 2.05) is 19.1 Å². The van der Waals surface area contributed by atoms with E-state index in [9.17, 15) is 4.79 Å². The summed E-state index contributed by atoms with van der Waals surface area (Å²) in [5, 5.41) is 8.98. The first-order chi connectivity index (χ1) is 7.13. The molecule has 1 N–H and O–H groups in total. The van der Waals surface area contributed by atoms with E-state index in [2.05, 4.69) is 6.92 Å². The second kappa shape index (κ2) is 3.72. The molecular weight excluding hydrogens is 192 g/mol. The van der Waals surface area contributed by atoms with Crippen molar-refractivity contribution < 1.29 is 14.3 Å². The Morgan fingerprint density at radius 2 is 2.33 bits per heavy atom. The highest BCUT2D eigenvalue weighted by atomic mass is 16.4. The zero-order valence-electron chi connectivity index (χ0n) is 9.06. The number of carboxylic acid groups (broad SMARTS) is 1. The first-order valence-electron chi connectivity index (χ1n) is 5.46. The largest absolute Gasteiger partial charge is 0.481 e. The third-order valence-corrected chi connectivity index (χ3v) is 3.17. The molecule has 1 aromatic rings. The molecule has 1 aromatic heterocycles. The Bertz CT molecular complexity index is 367. The van der Waals surface area contributed by atoms with Crippen LogP contribution in [0.15, 0.2) is 16.5 Å². The van der Waals surface area contributed by atoms with Crippen LogP contribution in [0, 0.1) is 5.92 Å². The summed E-state index contributed by atoms with van der Waals surface area (Å²) in [7, 11) is 0. The summed E-state index contributed by atoms with van der Waals surface area (Å²) >= 11 is 0. The number of rotatable bonds is 4. The summed E-state index contributed by atoms with van der Waals surface area (Å²) in [5.41, 5.74) is 0. The summed E-state index contributed by atoms with van der Waals surface area (Å²) in [6.07, 6.45) is 1.74. The van der Waals surface area contributed by atoms with Gasteiger partial charge in [0.1, 0.15) is 17.4 Å². The van der Waals surface area contributed by atoms with E-state index in [1.165, 1.54) is 0 Å². The molecular formula is C12H16O3. The van der Waals surface area contributed by atoms with Gasteiger partial charge in [-0.2, -0.15) is 0 Å². The van der Waals surface area contributed by atoms with E-state index in [0.717, 1.165) is 12.2 Å².